The molecule has 3 rings (SSSR count). The van der Waals surface area contributed by atoms with Crippen LogP contribution >= 0.6 is 15.9 Å². The Morgan fingerprint density at radius 1 is 0.971 bits per heavy atom. The summed E-state index contributed by atoms with van der Waals surface area (Å²) in [6, 6.07) is 24.5. The molecule has 0 unspecified atom stereocenters. The Morgan fingerprint density at radius 2 is 1.71 bits per heavy atom. The SMILES string of the molecule is CCCCNC(=O)[C@@H](Cc1ccccc1)N(Cc1cccc(Br)c1)C(=O)COc1cccc(C)c1. The highest BCUT2D eigenvalue weighted by molar-refractivity contribution is 9.10. The van der Waals surface area contributed by atoms with Crippen molar-refractivity contribution < 1.29 is 14.3 Å². The molecule has 0 heterocycles. The van der Waals surface area contributed by atoms with Gasteiger partial charge in [0.2, 0.25) is 5.91 Å². The third kappa shape index (κ3) is 8.55. The number of nitrogens with zero attached hydrogens (tertiary/aromatic N) is 1. The van der Waals surface area contributed by atoms with Gasteiger partial charge in [0.15, 0.2) is 6.61 Å². The van der Waals surface area contributed by atoms with Crippen LogP contribution in [0, 0.1) is 6.92 Å². The molecule has 35 heavy (non-hydrogen) atoms. The Labute approximate surface area is 216 Å². The summed E-state index contributed by atoms with van der Waals surface area (Å²) in [5, 5.41) is 3.03. The second-order valence-corrected chi connectivity index (χ2v) is 9.52. The van der Waals surface area contributed by atoms with Crippen molar-refractivity contribution in [3.8, 4) is 5.75 Å². The van der Waals surface area contributed by atoms with Crippen LogP contribution in [0.2, 0.25) is 0 Å². The average molecular weight is 537 g/mol. The van der Waals surface area contributed by atoms with Gasteiger partial charge in [-0.2, -0.15) is 0 Å². The zero-order chi connectivity index (χ0) is 25.0. The van der Waals surface area contributed by atoms with Crippen LogP contribution in [0.5, 0.6) is 5.75 Å². The van der Waals surface area contributed by atoms with Gasteiger partial charge in [0.05, 0.1) is 0 Å². The molecule has 0 aliphatic carbocycles. The second kappa shape index (κ2) is 13.7. The third-order valence-electron chi connectivity index (χ3n) is 5.69. The minimum atomic E-state index is -0.665. The van der Waals surface area contributed by atoms with Gasteiger partial charge >= 0.3 is 0 Å². The number of amides is 2. The van der Waals surface area contributed by atoms with Gasteiger partial charge in [-0.1, -0.05) is 83.9 Å². The summed E-state index contributed by atoms with van der Waals surface area (Å²) in [5.41, 5.74) is 2.98. The Kier molecular flexibility index (Phi) is 10.4. The number of carbonyl (C=O) groups is 2. The van der Waals surface area contributed by atoms with Crippen molar-refractivity contribution in [1.29, 1.82) is 0 Å². The molecule has 6 heteroatoms. The first-order valence-electron chi connectivity index (χ1n) is 12.0. The molecule has 0 bridgehead atoms. The second-order valence-electron chi connectivity index (χ2n) is 8.61. The molecule has 0 saturated carbocycles. The van der Waals surface area contributed by atoms with Crippen molar-refractivity contribution in [3.63, 3.8) is 0 Å². The Hall–Kier alpha value is -3.12. The minimum absolute atomic E-state index is 0.148. The van der Waals surface area contributed by atoms with E-state index < -0.39 is 6.04 Å². The molecular weight excluding hydrogens is 504 g/mol. The van der Waals surface area contributed by atoms with Gasteiger partial charge in [-0.3, -0.25) is 9.59 Å². The number of unbranched alkanes of at least 4 members (excludes halogenated alkanes) is 1. The summed E-state index contributed by atoms with van der Waals surface area (Å²) in [7, 11) is 0. The smallest absolute Gasteiger partial charge is 0.261 e. The molecule has 3 aromatic carbocycles. The van der Waals surface area contributed by atoms with Gasteiger partial charge < -0.3 is 15.0 Å². The fraction of sp³-hybridized carbons (Fsp3) is 0.310. The maximum Gasteiger partial charge on any atom is 0.261 e. The lowest BCUT2D eigenvalue weighted by molar-refractivity contribution is -0.142. The predicted octanol–water partition coefficient (Wildman–Crippen LogP) is 5.69. The van der Waals surface area contributed by atoms with Crippen molar-refractivity contribution in [1.82, 2.24) is 10.2 Å². The molecule has 0 spiro atoms. The zero-order valence-corrected chi connectivity index (χ0v) is 22.0. The predicted molar refractivity (Wildman–Crippen MR) is 143 cm³/mol. The fourth-order valence-electron chi connectivity index (χ4n) is 3.83. The molecule has 0 fully saturated rings. The summed E-state index contributed by atoms with van der Waals surface area (Å²) in [6.07, 6.45) is 2.29. The van der Waals surface area contributed by atoms with E-state index in [0.717, 1.165) is 34.0 Å². The van der Waals surface area contributed by atoms with E-state index in [4.69, 9.17) is 4.74 Å². The van der Waals surface area contributed by atoms with Crippen LogP contribution in [-0.4, -0.2) is 35.9 Å². The lowest BCUT2D eigenvalue weighted by Crippen LogP contribution is -2.51. The number of hydrogen-bond acceptors (Lipinski definition) is 3. The van der Waals surface area contributed by atoms with Gasteiger partial charge in [0, 0.05) is 24.0 Å². The van der Waals surface area contributed by atoms with Crippen LogP contribution in [0.15, 0.2) is 83.3 Å². The van der Waals surface area contributed by atoms with Crippen LogP contribution in [0.3, 0.4) is 0 Å². The van der Waals surface area contributed by atoms with Crippen LogP contribution in [0.4, 0.5) is 0 Å². The first-order chi connectivity index (χ1) is 17.0. The molecule has 0 aliphatic rings. The maximum atomic E-state index is 13.6. The number of carbonyl (C=O) groups excluding carboxylic acids is 2. The van der Waals surface area contributed by atoms with Gasteiger partial charge in [0.1, 0.15) is 11.8 Å². The molecule has 5 nitrogen and oxygen atoms in total. The Balaban J connectivity index is 1.88. The van der Waals surface area contributed by atoms with E-state index in [1.807, 2.05) is 85.8 Å². The van der Waals surface area contributed by atoms with Gasteiger partial charge in [-0.05, 0) is 54.3 Å². The highest BCUT2D eigenvalue weighted by atomic mass is 79.9. The van der Waals surface area contributed by atoms with E-state index in [1.54, 1.807) is 4.90 Å². The molecule has 0 aliphatic heterocycles. The molecule has 3 aromatic rings. The largest absolute Gasteiger partial charge is 0.484 e. The fourth-order valence-corrected chi connectivity index (χ4v) is 4.27. The van der Waals surface area contributed by atoms with Crippen molar-refractivity contribution in [2.45, 2.75) is 45.7 Å². The molecule has 2 amide bonds. The first-order valence-corrected chi connectivity index (χ1v) is 12.8. The van der Waals surface area contributed by atoms with Gasteiger partial charge in [-0.25, -0.2) is 0 Å². The highest BCUT2D eigenvalue weighted by Gasteiger charge is 2.30. The lowest BCUT2D eigenvalue weighted by Gasteiger charge is -2.31. The molecule has 0 aromatic heterocycles. The summed E-state index contributed by atoms with van der Waals surface area (Å²) in [6.45, 7) is 4.79. The Morgan fingerprint density at radius 3 is 2.43 bits per heavy atom. The van der Waals surface area contributed by atoms with Crippen LogP contribution in [-0.2, 0) is 22.6 Å². The average Bonchev–Trinajstić information content (AvgIpc) is 2.85. The molecule has 1 N–H and O–H groups in total. The molecule has 0 saturated heterocycles. The molecule has 0 radical (unpaired) electrons. The summed E-state index contributed by atoms with van der Waals surface area (Å²) < 4.78 is 6.76. The number of halogens is 1. The van der Waals surface area contributed by atoms with E-state index in [0.29, 0.717) is 25.3 Å². The quantitative estimate of drug-likeness (QED) is 0.302. The van der Waals surface area contributed by atoms with Gasteiger partial charge in [-0.15, -0.1) is 0 Å². The maximum absolute atomic E-state index is 13.6. The number of benzene rings is 3. The molecule has 1 atom stereocenters. The summed E-state index contributed by atoms with van der Waals surface area (Å²) in [5.74, 6) is 0.243. The Bertz CT molecular complexity index is 1100. The van der Waals surface area contributed by atoms with E-state index in [2.05, 4.69) is 28.2 Å². The number of hydrogen-bond donors (Lipinski definition) is 1. The summed E-state index contributed by atoms with van der Waals surface area (Å²) in [4.78, 5) is 28.6. The highest BCUT2D eigenvalue weighted by Crippen LogP contribution is 2.19. The molecule has 184 valence electrons. The van der Waals surface area contributed by atoms with Gasteiger partial charge in [0.25, 0.3) is 5.91 Å². The van der Waals surface area contributed by atoms with Crippen molar-refractivity contribution in [3.05, 3.63) is 100 Å². The van der Waals surface area contributed by atoms with E-state index in [9.17, 15) is 9.59 Å². The van der Waals surface area contributed by atoms with E-state index >= 15 is 0 Å². The number of aryl methyl sites for hydroxylation is 1. The van der Waals surface area contributed by atoms with Crippen molar-refractivity contribution in [2.75, 3.05) is 13.2 Å². The zero-order valence-electron chi connectivity index (χ0n) is 20.4. The van der Waals surface area contributed by atoms with E-state index in [-0.39, 0.29) is 18.4 Å². The molecular formula is C29H33BrN2O3. The van der Waals surface area contributed by atoms with Crippen molar-refractivity contribution in [2.24, 2.45) is 0 Å². The van der Waals surface area contributed by atoms with E-state index in [1.165, 1.54) is 0 Å². The van der Waals surface area contributed by atoms with Crippen LogP contribution < -0.4 is 10.1 Å². The number of nitrogens with one attached hydrogen (secondary N) is 1. The monoisotopic (exact) mass is 536 g/mol. The number of rotatable bonds is 12. The third-order valence-corrected chi connectivity index (χ3v) is 6.19. The van der Waals surface area contributed by atoms with Crippen molar-refractivity contribution >= 4 is 27.7 Å². The topological polar surface area (TPSA) is 58.6 Å². The van der Waals surface area contributed by atoms with Crippen LogP contribution in [0.1, 0.15) is 36.5 Å². The number of ether oxygens (including phenoxy) is 1. The van der Waals surface area contributed by atoms with Crippen LogP contribution in [0.25, 0.3) is 0 Å². The summed E-state index contributed by atoms with van der Waals surface area (Å²) >= 11 is 3.51. The lowest BCUT2D eigenvalue weighted by atomic mass is 10.0. The standard InChI is InChI=1S/C29H33BrN2O3/c1-3-4-16-31-29(34)27(19-23-11-6-5-7-12-23)32(20-24-13-9-14-25(30)18-24)28(33)21-35-26-15-8-10-22(2)17-26/h5-15,17-18,27H,3-4,16,19-21H2,1-2H3,(H,31,34)/t27-/m1/s1. The first kappa shape index (κ1) is 26.5. The minimum Gasteiger partial charge on any atom is -0.484 e. The normalized spacial score (nSPS) is 11.5.